The molecule has 2 aromatic carbocycles. The molecule has 144 valence electrons. The molecule has 27 heavy (non-hydrogen) atoms. The van der Waals surface area contributed by atoms with E-state index in [2.05, 4.69) is 10.6 Å². The van der Waals surface area contributed by atoms with E-state index < -0.39 is 35.4 Å². The molecule has 0 aliphatic carbocycles. The molecular weight excluding hydrogens is 363 g/mol. The summed E-state index contributed by atoms with van der Waals surface area (Å²) in [5.41, 5.74) is 2.25. The first-order valence-electron chi connectivity index (χ1n) is 7.98. The van der Waals surface area contributed by atoms with E-state index in [9.17, 15) is 22.8 Å². The zero-order chi connectivity index (χ0) is 20.1. The van der Waals surface area contributed by atoms with Crippen LogP contribution in [-0.4, -0.2) is 23.2 Å². The van der Waals surface area contributed by atoms with Crippen molar-refractivity contribution in [1.29, 1.82) is 0 Å². The van der Waals surface area contributed by atoms with Crippen molar-refractivity contribution in [2.24, 2.45) is 0 Å². The van der Waals surface area contributed by atoms with E-state index in [1.807, 2.05) is 0 Å². The number of halogens is 3. The molecule has 2 rings (SSSR count). The van der Waals surface area contributed by atoms with Crippen molar-refractivity contribution in [3.63, 3.8) is 0 Å². The van der Waals surface area contributed by atoms with Gasteiger partial charge in [0.05, 0.1) is 0 Å². The SMILES string of the molecule is CC(C)NC(=O)NC(C(=O)NO)c1ccc(-c2cc(F)c(F)c(F)c2)cc1. The maximum absolute atomic E-state index is 13.4. The van der Waals surface area contributed by atoms with Crippen LogP contribution in [0.2, 0.25) is 0 Å². The minimum atomic E-state index is -1.56. The number of carbonyl (C=O) groups is 2. The van der Waals surface area contributed by atoms with Gasteiger partial charge in [0.2, 0.25) is 0 Å². The zero-order valence-electron chi connectivity index (χ0n) is 14.5. The summed E-state index contributed by atoms with van der Waals surface area (Å²) in [6.07, 6.45) is 0. The molecule has 0 spiro atoms. The van der Waals surface area contributed by atoms with E-state index in [1.165, 1.54) is 29.7 Å². The van der Waals surface area contributed by atoms with Crippen LogP contribution in [0.15, 0.2) is 36.4 Å². The maximum atomic E-state index is 13.4. The van der Waals surface area contributed by atoms with Gasteiger partial charge in [-0.05, 0) is 42.7 Å². The standard InChI is InChI=1S/C18H18F3N3O3/c1-9(2)22-18(26)23-16(17(25)24-27)11-5-3-10(4-6-11)12-7-13(19)15(21)14(20)8-12/h3-9,16,27H,1-2H3,(H,24,25)(H2,22,23,26). The Morgan fingerprint density at radius 1 is 0.926 bits per heavy atom. The first kappa shape index (κ1) is 20.2. The normalized spacial score (nSPS) is 11.8. The van der Waals surface area contributed by atoms with Crippen molar-refractivity contribution in [3.8, 4) is 11.1 Å². The first-order valence-corrected chi connectivity index (χ1v) is 7.98. The fourth-order valence-corrected chi connectivity index (χ4v) is 2.39. The van der Waals surface area contributed by atoms with E-state index in [0.717, 1.165) is 12.1 Å². The summed E-state index contributed by atoms with van der Waals surface area (Å²) in [6, 6.07) is 5.46. The molecule has 0 aliphatic rings. The molecular formula is C18H18F3N3O3. The highest BCUT2D eigenvalue weighted by Gasteiger charge is 2.23. The summed E-state index contributed by atoms with van der Waals surface area (Å²) in [7, 11) is 0. The molecule has 0 bridgehead atoms. The Hall–Kier alpha value is -3.07. The topological polar surface area (TPSA) is 90.5 Å². The molecule has 0 fully saturated rings. The van der Waals surface area contributed by atoms with Crippen molar-refractivity contribution in [2.45, 2.75) is 25.9 Å². The number of hydrogen-bond acceptors (Lipinski definition) is 3. The Labute approximate surface area is 153 Å². The number of hydroxylamine groups is 1. The largest absolute Gasteiger partial charge is 0.336 e. The average molecular weight is 381 g/mol. The summed E-state index contributed by atoms with van der Waals surface area (Å²) < 4.78 is 39.8. The zero-order valence-corrected chi connectivity index (χ0v) is 14.5. The fraction of sp³-hybridized carbons (Fsp3) is 0.222. The summed E-state index contributed by atoms with van der Waals surface area (Å²) in [6.45, 7) is 3.47. The van der Waals surface area contributed by atoms with Gasteiger partial charge in [0, 0.05) is 6.04 Å². The van der Waals surface area contributed by atoms with Crippen molar-refractivity contribution >= 4 is 11.9 Å². The number of benzene rings is 2. The second kappa shape index (κ2) is 8.54. The lowest BCUT2D eigenvalue weighted by Crippen LogP contribution is -2.45. The Bertz CT molecular complexity index is 818. The number of nitrogens with one attached hydrogen (secondary N) is 3. The third-order valence-corrected chi connectivity index (χ3v) is 3.63. The van der Waals surface area contributed by atoms with Gasteiger partial charge < -0.3 is 10.6 Å². The second-order valence-corrected chi connectivity index (χ2v) is 6.06. The van der Waals surface area contributed by atoms with Crippen LogP contribution in [-0.2, 0) is 4.79 Å². The van der Waals surface area contributed by atoms with E-state index in [4.69, 9.17) is 5.21 Å². The smallest absolute Gasteiger partial charge is 0.315 e. The molecule has 0 saturated heterocycles. The van der Waals surface area contributed by atoms with Crippen molar-refractivity contribution in [2.75, 3.05) is 0 Å². The van der Waals surface area contributed by atoms with E-state index >= 15 is 0 Å². The minimum Gasteiger partial charge on any atom is -0.336 e. The Kier molecular flexibility index (Phi) is 6.40. The first-order chi connectivity index (χ1) is 12.7. The predicted octanol–water partition coefficient (Wildman–Crippen LogP) is 3.03. The molecule has 0 radical (unpaired) electrons. The molecule has 4 N–H and O–H groups in total. The van der Waals surface area contributed by atoms with Crippen LogP contribution < -0.4 is 16.1 Å². The number of rotatable bonds is 5. The van der Waals surface area contributed by atoms with Crippen molar-refractivity contribution in [1.82, 2.24) is 16.1 Å². The third-order valence-electron chi connectivity index (χ3n) is 3.63. The molecule has 0 aliphatic heterocycles. The van der Waals surface area contributed by atoms with Crippen LogP contribution in [0.5, 0.6) is 0 Å². The lowest BCUT2D eigenvalue weighted by atomic mass is 10.00. The van der Waals surface area contributed by atoms with Gasteiger partial charge in [0.15, 0.2) is 17.5 Å². The highest BCUT2D eigenvalue weighted by molar-refractivity contribution is 5.87. The van der Waals surface area contributed by atoms with Gasteiger partial charge in [-0.1, -0.05) is 24.3 Å². The Morgan fingerprint density at radius 2 is 1.48 bits per heavy atom. The highest BCUT2D eigenvalue weighted by atomic mass is 19.2. The third kappa shape index (κ3) is 4.98. The van der Waals surface area contributed by atoms with Crippen molar-refractivity contribution < 1.29 is 28.0 Å². The number of carbonyl (C=O) groups excluding carboxylic acids is 2. The minimum absolute atomic E-state index is 0.103. The molecule has 0 aromatic heterocycles. The van der Waals surface area contributed by atoms with E-state index in [1.54, 1.807) is 13.8 Å². The molecule has 1 unspecified atom stereocenters. The lowest BCUT2D eigenvalue weighted by Gasteiger charge is -2.19. The molecule has 0 saturated carbocycles. The molecule has 9 heteroatoms. The van der Waals surface area contributed by atoms with Gasteiger partial charge in [-0.25, -0.2) is 23.4 Å². The summed E-state index contributed by atoms with van der Waals surface area (Å²) in [5.74, 6) is -5.08. The fourth-order valence-electron chi connectivity index (χ4n) is 2.39. The van der Waals surface area contributed by atoms with E-state index in [-0.39, 0.29) is 11.6 Å². The summed E-state index contributed by atoms with van der Waals surface area (Å²) >= 11 is 0. The number of hydrogen-bond donors (Lipinski definition) is 4. The summed E-state index contributed by atoms with van der Waals surface area (Å²) in [5, 5.41) is 13.8. The van der Waals surface area contributed by atoms with Crippen LogP contribution in [0.25, 0.3) is 11.1 Å². The Balaban J connectivity index is 2.29. The van der Waals surface area contributed by atoms with E-state index in [0.29, 0.717) is 11.1 Å². The van der Waals surface area contributed by atoms with Crippen LogP contribution >= 0.6 is 0 Å². The van der Waals surface area contributed by atoms with Gasteiger partial charge in [0.25, 0.3) is 5.91 Å². The van der Waals surface area contributed by atoms with Gasteiger partial charge >= 0.3 is 6.03 Å². The molecule has 3 amide bonds. The number of amides is 3. The summed E-state index contributed by atoms with van der Waals surface area (Å²) in [4.78, 5) is 23.7. The van der Waals surface area contributed by atoms with Gasteiger partial charge in [-0.15, -0.1) is 0 Å². The van der Waals surface area contributed by atoms with Crippen molar-refractivity contribution in [3.05, 3.63) is 59.4 Å². The Morgan fingerprint density at radius 3 is 1.96 bits per heavy atom. The second-order valence-electron chi connectivity index (χ2n) is 6.06. The van der Waals surface area contributed by atoms with Crippen LogP contribution in [0.1, 0.15) is 25.5 Å². The molecule has 6 nitrogen and oxygen atoms in total. The van der Waals surface area contributed by atoms with Crippen LogP contribution in [0, 0.1) is 17.5 Å². The quantitative estimate of drug-likeness (QED) is 0.365. The number of urea groups is 1. The van der Waals surface area contributed by atoms with Crippen LogP contribution in [0.4, 0.5) is 18.0 Å². The van der Waals surface area contributed by atoms with Gasteiger partial charge in [-0.2, -0.15) is 0 Å². The highest BCUT2D eigenvalue weighted by Crippen LogP contribution is 2.25. The molecule has 2 aromatic rings. The predicted molar refractivity (Wildman–Crippen MR) is 91.2 cm³/mol. The van der Waals surface area contributed by atoms with Crippen LogP contribution in [0.3, 0.4) is 0 Å². The molecule has 0 heterocycles. The molecule has 1 atom stereocenters. The monoisotopic (exact) mass is 381 g/mol. The van der Waals surface area contributed by atoms with Gasteiger partial charge in [-0.3, -0.25) is 10.0 Å². The van der Waals surface area contributed by atoms with Gasteiger partial charge in [0.1, 0.15) is 6.04 Å². The lowest BCUT2D eigenvalue weighted by molar-refractivity contribution is -0.131. The average Bonchev–Trinajstić information content (AvgIpc) is 2.62. The maximum Gasteiger partial charge on any atom is 0.315 e.